The van der Waals surface area contributed by atoms with Crippen LogP contribution in [0.5, 0.6) is 0 Å². The van der Waals surface area contributed by atoms with E-state index >= 15 is 0 Å². The van der Waals surface area contributed by atoms with Crippen molar-refractivity contribution in [3.05, 3.63) is 36.0 Å². The van der Waals surface area contributed by atoms with Crippen LogP contribution >= 0.6 is 0 Å². The van der Waals surface area contributed by atoms with Crippen molar-refractivity contribution in [3.63, 3.8) is 0 Å². The highest BCUT2D eigenvalue weighted by molar-refractivity contribution is 5.95. The number of rotatable bonds is 9. The number of carbonyl (C=O) groups is 4. The fraction of sp³-hybridized carbons (Fsp3) is 0.455. The summed E-state index contributed by atoms with van der Waals surface area (Å²) >= 11 is 0. The molecule has 2 aromatic rings. The quantitative estimate of drug-likeness (QED) is 0.281. The summed E-state index contributed by atoms with van der Waals surface area (Å²) in [5, 5.41) is 24.3. The number of nitrogens with two attached hydrogens (primary N) is 1. The van der Waals surface area contributed by atoms with E-state index in [1.807, 2.05) is 24.3 Å². The molecule has 0 bridgehead atoms. The van der Waals surface area contributed by atoms with Crippen molar-refractivity contribution < 1.29 is 29.4 Å². The average molecular weight is 460 g/mol. The summed E-state index contributed by atoms with van der Waals surface area (Å²) in [5.74, 6) is -3.01. The number of hydrogen-bond acceptors (Lipinski definition) is 6. The minimum Gasteiger partial charge on any atom is -0.480 e. The van der Waals surface area contributed by atoms with Gasteiger partial charge in [0, 0.05) is 30.1 Å². The van der Waals surface area contributed by atoms with E-state index in [0.717, 1.165) is 16.5 Å². The molecule has 1 fully saturated rings. The number of carbonyl (C=O) groups excluding carboxylic acids is 3. The van der Waals surface area contributed by atoms with Gasteiger partial charge in [-0.2, -0.15) is 0 Å². The van der Waals surface area contributed by atoms with Crippen molar-refractivity contribution in [2.24, 2.45) is 5.73 Å². The van der Waals surface area contributed by atoms with Crippen LogP contribution in [0.1, 0.15) is 25.3 Å². The minimum absolute atomic E-state index is 0.0767. The van der Waals surface area contributed by atoms with Crippen molar-refractivity contribution in [1.29, 1.82) is 0 Å². The fourth-order valence-electron chi connectivity index (χ4n) is 4.02. The Morgan fingerprint density at radius 1 is 1.21 bits per heavy atom. The number of carboxylic acid groups (broad SMARTS) is 1. The van der Waals surface area contributed by atoms with Gasteiger partial charge in [-0.05, 0) is 31.4 Å². The Morgan fingerprint density at radius 2 is 1.94 bits per heavy atom. The Morgan fingerprint density at radius 3 is 2.61 bits per heavy atom. The molecular weight excluding hydrogens is 430 g/mol. The van der Waals surface area contributed by atoms with E-state index < -0.39 is 48.6 Å². The molecule has 11 nitrogen and oxygen atoms in total. The van der Waals surface area contributed by atoms with Gasteiger partial charge in [0.1, 0.15) is 18.1 Å². The number of carboxylic acids is 1. The van der Waals surface area contributed by atoms with Gasteiger partial charge >= 0.3 is 5.97 Å². The minimum atomic E-state index is -1.51. The van der Waals surface area contributed by atoms with Crippen LogP contribution < -0.4 is 16.4 Å². The van der Waals surface area contributed by atoms with Gasteiger partial charge in [0.05, 0.1) is 12.6 Å². The Balaban J connectivity index is 1.83. The monoisotopic (exact) mass is 459 g/mol. The summed E-state index contributed by atoms with van der Waals surface area (Å²) in [4.78, 5) is 54.2. The maximum Gasteiger partial charge on any atom is 0.328 e. The van der Waals surface area contributed by atoms with Gasteiger partial charge < -0.3 is 36.5 Å². The Hall–Kier alpha value is -3.44. The number of aromatic nitrogens is 1. The fourth-order valence-corrected chi connectivity index (χ4v) is 4.02. The van der Waals surface area contributed by atoms with E-state index in [9.17, 15) is 29.4 Å². The summed E-state index contributed by atoms with van der Waals surface area (Å²) in [6.45, 7) is 1.14. The molecular formula is C22H29N5O6. The highest BCUT2D eigenvalue weighted by Crippen LogP contribution is 2.21. The largest absolute Gasteiger partial charge is 0.480 e. The molecule has 3 rings (SSSR count). The summed E-state index contributed by atoms with van der Waals surface area (Å²) in [6, 6.07) is 3.27. The molecule has 3 amide bonds. The summed E-state index contributed by atoms with van der Waals surface area (Å²) in [7, 11) is 0. The van der Waals surface area contributed by atoms with Crippen LogP contribution in [0, 0.1) is 0 Å². The van der Waals surface area contributed by atoms with Gasteiger partial charge in [-0.3, -0.25) is 14.4 Å². The molecule has 0 saturated carbocycles. The molecule has 1 saturated heterocycles. The van der Waals surface area contributed by atoms with Crippen LogP contribution in [-0.4, -0.2) is 81.1 Å². The molecule has 2 heterocycles. The number of amides is 3. The normalized spacial score (nSPS) is 18.5. The number of benzene rings is 1. The van der Waals surface area contributed by atoms with Crippen LogP contribution in [0.25, 0.3) is 10.9 Å². The van der Waals surface area contributed by atoms with Gasteiger partial charge in [0.25, 0.3) is 0 Å². The van der Waals surface area contributed by atoms with Gasteiger partial charge in [-0.25, -0.2) is 4.79 Å². The van der Waals surface area contributed by atoms with Gasteiger partial charge in [0.2, 0.25) is 17.7 Å². The first-order valence-electron chi connectivity index (χ1n) is 10.8. The number of nitrogens with zero attached hydrogens (tertiary/aromatic N) is 1. The number of H-pyrrole nitrogens is 1. The van der Waals surface area contributed by atoms with Crippen molar-refractivity contribution >= 4 is 34.6 Å². The molecule has 4 unspecified atom stereocenters. The SMILES string of the molecule is CC(N)C(=O)N1CCCC1C(=O)NC(Cc1c[nH]c2ccccc12)C(=O)NC(CO)C(=O)O. The lowest BCUT2D eigenvalue weighted by molar-refractivity contribution is -0.144. The molecule has 0 spiro atoms. The number of aliphatic carboxylic acids is 1. The van der Waals surface area contributed by atoms with E-state index in [4.69, 9.17) is 5.73 Å². The number of aliphatic hydroxyl groups is 1. The highest BCUT2D eigenvalue weighted by Gasteiger charge is 2.37. The van der Waals surface area contributed by atoms with Gasteiger partial charge in [0.15, 0.2) is 0 Å². The molecule has 1 aliphatic rings. The molecule has 0 aliphatic carbocycles. The van der Waals surface area contributed by atoms with E-state index in [0.29, 0.717) is 19.4 Å². The van der Waals surface area contributed by atoms with Crippen LogP contribution in [-0.2, 0) is 25.6 Å². The molecule has 1 aromatic carbocycles. The van der Waals surface area contributed by atoms with Crippen LogP contribution in [0.3, 0.4) is 0 Å². The van der Waals surface area contributed by atoms with Crippen molar-refractivity contribution in [1.82, 2.24) is 20.5 Å². The third kappa shape index (κ3) is 5.49. The van der Waals surface area contributed by atoms with Crippen molar-refractivity contribution in [2.45, 2.75) is 50.4 Å². The molecule has 1 aromatic heterocycles. The molecule has 11 heteroatoms. The number of para-hydroxylation sites is 1. The number of nitrogens with one attached hydrogen (secondary N) is 3. The zero-order valence-electron chi connectivity index (χ0n) is 18.3. The van der Waals surface area contributed by atoms with Crippen molar-refractivity contribution in [2.75, 3.05) is 13.2 Å². The van der Waals surface area contributed by atoms with E-state index in [-0.39, 0.29) is 12.3 Å². The number of fused-ring (bicyclic) bond motifs is 1. The number of aromatic amines is 1. The Labute approximate surface area is 190 Å². The molecule has 7 N–H and O–H groups in total. The Bertz CT molecular complexity index is 1040. The second kappa shape index (κ2) is 10.5. The number of aliphatic hydroxyl groups excluding tert-OH is 1. The molecule has 33 heavy (non-hydrogen) atoms. The summed E-state index contributed by atoms with van der Waals surface area (Å²) < 4.78 is 0. The average Bonchev–Trinajstić information content (AvgIpc) is 3.43. The first-order chi connectivity index (χ1) is 15.7. The molecule has 0 radical (unpaired) electrons. The summed E-state index contributed by atoms with van der Waals surface area (Å²) in [6.07, 6.45) is 2.86. The molecule has 1 aliphatic heterocycles. The summed E-state index contributed by atoms with van der Waals surface area (Å²) in [5.41, 5.74) is 7.29. The van der Waals surface area contributed by atoms with Crippen molar-refractivity contribution in [3.8, 4) is 0 Å². The van der Waals surface area contributed by atoms with E-state index in [2.05, 4.69) is 15.6 Å². The van der Waals surface area contributed by atoms with Crippen LogP contribution in [0.2, 0.25) is 0 Å². The maximum absolute atomic E-state index is 13.1. The standard InChI is InChI=1S/C22H29N5O6/c1-12(23)21(31)27-8-4-7-18(27)20(30)25-16(19(29)26-17(11-28)22(32)33)9-13-10-24-15-6-3-2-5-14(13)15/h2-3,5-6,10,12,16-18,24,28H,4,7-9,11,23H2,1H3,(H,25,30)(H,26,29)(H,32,33). The first kappa shape index (κ1) is 24.2. The second-order valence-corrected chi connectivity index (χ2v) is 8.19. The van der Waals surface area contributed by atoms with Gasteiger partial charge in [-0.1, -0.05) is 18.2 Å². The zero-order chi connectivity index (χ0) is 24.1. The predicted molar refractivity (Wildman–Crippen MR) is 119 cm³/mol. The first-order valence-corrected chi connectivity index (χ1v) is 10.8. The molecule has 178 valence electrons. The third-order valence-electron chi connectivity index (χ3n) is 5.76. The smallest absolute Gasteiger partial charge is 0.328 e. The third-order valence-corrected chi connectivity index (χ3v) is 5.76. The van der Waals surface area contributed by atoms with Crippen LogP contribution in [0.4, 0.5) is 0 Å². The second-order valence-electron chi connectivity index (χ2n) is 8.19. The number of hydrogen-bond donors (Lipinski definition) is 6. The lowest BCUT2D eigenvalue weighted by Gasteiger charge is -2.28. The number of likely N-dealkylation sites (tertiary alicyclic amines) is 1. The predicted octanol–water partition coefficient (Wildman–Crippen LogP) is -0.905. The molecule has 4 atom stereocenters. The lowest BCUT2D eigenvalue weighted by Crippen LogP contribution is -2.57. The van der Waals surface area contributed by atoms with E-state index in [1.165, 1.54) is 4.90 Å². The van der Waals surface area contributed by atoms with E-state index in [1.54, 1.807) is 13.1 Å². The Kier molecular flexibility index (Phi) is 7.67. The topological polar surface area (TPSA) is 178 Å². The maximum atomic E-state index is 13.1. The zero-order valence-corrected chi connectivity index (χ0v) is 18.3. The van der Waals surface area contributed by atoms with Gasteiger partial charge in [-0.15, -0.1) is 0 Å². The lowest BCUT2D eigenvalue weighted by atomic mass is 10.0. The van der Waals surface area contributed by atoms with Crippen LogP contribution in [0.15, 0.2) is 30.5 Å². The highest BCUT2D eigenvalue weighted by atomic mass is 16.4.